The lowest BCUT2D eigenvalue weighted by Crippen LogP contribution is -2.32. The molecule has 3 N–H and O–H groups in total. The van der Waals surface area contributed by atoms with Gasteiger partial charge in [-0.05, 0) is 30.2 Å². The number of nitrogens with one attached hydrogen (secondary N) is 1. The highest BCUT2D eigenvalue weighted by Crippen LogP contribution is 2.27. The van der Waals surface area contributed by atoms with Gasteiger partial charge in [-0.25, -0.2) is 0 Å². The van der Waals surface area contributed by atoms with Crippen molar-refractivity contribution in [2.75, 3.05) is 18.2 Å². The second kappa shape index (κ2) is 6.52. The van der Waals surface area contributed by atoms with Crippen LogP contribution in [-0.4, -0.2) is 13.0 Å². The molecule has 0 atom stereocenters. The van der Waals surface area contributed by atoms with Crippen LogP contribution >= 0.6 is 0 Å². The first-order valence-electron chi connectivity index (χ1n) is 7.21. The van der Waals surface area contributed by atoms with Gasteiger partial charge in [0.1, 0.15) is 5.75 Å². The molecule has 0 radical (unpaired) electrons. The van der Waals surface area contributed by atoms with E-state index in [2.05, 4.69) is 5.32 Å². The summed E-state index contributed by atoms with van der Waals surface area (Å²) in [6.07, 6.45) is 0.672. The van der Waals surface area contributed by atoms with Crippen molar-refractivity contribution in [1.82, 2.24) is 0 Å². The summed E-state index contributed by atoms with van der Waals surface area (Å²) in [4.78, 5) is 12.5. The second-order valence-corrected chi connectivity index (χ2v) is 5.96. The van der Waals surface area contributed by atoms with Crippen molar-refractivity contribution < 1.29 is 9.53 Å². The molecule has 0 bridgehead atoms. The Morgan fingerprint density at radius 3 is 2.45 bits per heavy atom. The van der Waals surface area contributed by atoms with Crippen molar-refractivity contribution in [3.8, 4) is 5.75 Å². The van der Waals surface area contributed by atoms with Crippen molar-refractivity contribution in [1.29, 1.82) is 0 Å². The summed E-state index contributed by atoms with van der Waals surface area (Å²) < 4.78 is 5.11. The fourth-order valence-electron chi connectivity index (χ4n) is 2.30. The van der Waals surface area contributed by atoms with E-state index in [1.807, 2.05) is 44.2 Å². The first kappa shape index (κ1) is 15.9. The number of benzene rings is 2. The predicted octanol–water partition coefficient (Wildman–Crippen LogP) is 3.48. The van der Waals surface area contributed by atoms with Gasteiger partial charge in [-0.2, -0.15) is 0 Å². The van der Waals surface area contributed by atoms with Gasteiger partial charge in [0, 0.05) is 11.1 Å². The molecular formula is C18H22N2O2. The average Bonchev–Trinajstić information content (AvgIpc) is 2.48. The molecule has 0 spiro atoms. The molecule has 116 valence electrons. The van der Waals surface area contributed by atoms with E-state index in [0.717, 1.165) is 5.56 Å². The molecule has 0 aromatic heterocycles. The molecule has 0 heterocycles. The van der Waals surface area contributed by atoms with Crippen molar-refractivity contribution in [3.05, 3.63) is 54.1 Å². The zero-order valence-corrected chi connectivity index (χ0v) is 13.2. The summed E-state index contributed by atoms with van der Waals surface area (Å²) in [5.41, 5.74) is 7.65. The molecule has 0 saturated heterocycles. The summed E-state index contributed by atoms with van der Waals surface area (Å²) in [6, 6.07) is 15.2. The Morgan fingerprint density at radius 2 is 1.86 bits per heavy atom. The Labute approximate surface area is 131 Å². The molecule has 2 aromatic carbocycles. The van der Waals surface area contributed by atoms with Gasteiger partial charge in [-0.1, -0.05) is 44.2 Å². The molecule has 0 unspecified atom stereocenters. The monoisotopic (exact) mass is 298 g/mol. The number of nitrogens with two attached hydrogens (primary N) is 1. The fourth-order valence-corrected chi connectivity index (χ4v) is 2.30. The number of carbonyl (C=O) groups excluding carboxylic acids is 1. The third-order valence-electron chi connectivity index (χ3n) is 3.59. The number of carbonyl (C=O) groups is 1. The average molecular weight is 298 g/mol. The number of anilines is 2. The summed E-state index contributed by atoms with van der Waals surface area (Å²) in [6.45, 7) is 3.87. The van der Waals surface area contributed by atoms with Gasteiger partial charge in [0.05, 0.1) is 12.8 Å². The van der Waals surface area contributed by atoms with Gasteiger partial charge in [0.15, 0.2) is 0 Å². The number of amides is 1. The summed E-state index contributed by atoms with van der Waals surface area (Å²) in [7, 11) is 1.56. The van der Waals surface area contributed by atoms with Gasteiger partial charge >= 0.3 is 0 Å². The summed E-state index contributed by atoms with van der Waals surface area (Å²) in [5.74, 6) is 0.558. The molecule has 1 amide bonds. The van der Waals surface area contributed by atoms with Crippen LogP contribution in [0.1, 0.15) is 19.4 Å². The van der Waals surface area contributed by atoms with Crippen LogP contribution in [-0.2, 0) is 11.2 Å². The van der Waals surface area contributed by atoms with E-state index in [9.17, 15) is 4.79 Å². The van der Waals surface area contributed by atoms with E-state index in [1.165, 1.54) is 0 Å². The lowest BCUT2D eigenvalue weighted by molar-refractivity contribution is -0.123. The maximum Gasteiger partial charge on any atom is 0.230 e. The maximum atomic E-state index is 12.5. The Balaban J connectivity index is 2.08. The topological polar surface area (TPSA) is 64.3 Å². The summed E-state index contributed by atoms with van der Waals surface area (Å²) in [5, 5.41) is 2.92. The highest BCUT2D eigenvalue weighted by atomic mass is 16.5. The number of nitrogen functional groups attached to an aromatic ring is 1. The molecule has 4 nitrogen and oxygen atoms in total. The smallest absolute Gasteiger partial charge is 0.230 e. The zero-order chi connectivity index (χ0) is 16.2. The maximum absolute atomic E-state index is 12.5. The molecule has 4 heteroatoms. The van der Waals surface area contributed by atoms with Gasteiger partial charge in [0.2, 0.25) is 5.91 Å². The van der Waals surface area contributed by atoms with Crippen LogP contribution in [0.2, 0.25) is 0 Å². The zero-order valence-electron chi connectivity index (χ0n) is 13.2. The molecule has 0 aliphatic rings. The molecule has 2 rings (SSSR count). The second-order valence-electron chi connectivity index (χ2n) is 5.96. The van der Waals surface area contributed by atoms with E-state index in [1.54, 1.807) is 25.3 Å². The number of rotatable bonds is 5. The Hall–Kier alpha value is -2.49. The minimum Gasteiger partial charge on any atom is -0.495 e. The summed E-state index contributed by atoms with van der Waals surface area (Å²) >= 11 is 0. The Kier molecular flexibility index (Phi) is 4.71. The Morgan fingerprint density at radius 1 is 1.18 bits per heavy atom. The van der Waals surface area contributed by atoms with Crippen LogP contribution in [0.3, 0.4) is 0 Å². The van der Waals surface area contributed by atoms with Crippen LogP contribution in [0.4, 0.5) is 11.4 Å². The predicted molar refractivity (Wildman–Crippen MR) is 90.0 cm³/mol. The van der Waals surface area contributed by atoms with Gasteiger partial charge in [0.25, 0.3) is 0 Å². The number of methoxy groups -OCH3 is 1. The highest BCUT2D eigenvalue weighted by molar-refractivity contribution is 5.95. The first-order chi connectivity index (χ1) is 10.4. The van der Waals surface area contributed by atoms with Crippen molar-refractivity contribution in [3.63, 3.8) is 0 Å². The number of ether oxygens (including phenoxy) is 1. The van der Waals surface area contributed by atoms with Crippen LogP contribution in [0.15, 0.2) is 48.5 Å². The third-order valence-corrected chi connectivity index (χ3v) is 3.59. The van der Waals surface area contributed by atoms with Crippen molar-refractivity contribution >= 4 is 17.3 Å². The van der Waals surface area contributed by atoms with Crippen molar-refractivity contribution in [2.45, 2.75) is 20.3 Å². The lowest BCUT2D eigenvalue weighted by atomic mass is 9.84. The molecule has 0 aliphatic heterocycles. The fraction of sp³-hybridized carbons (Fsp3) is 0.278. The van der Waals surface area contributed by atoms with E-state index in [0.29, 0.717) is 23.5 Å². The largest absolute Gasteiger partial charge is 0.495 e. The normalized spacial score (nSPS) is 11.0. The molecule has 22 heavy (non-hydrogen) atoms. The third kappa shape index (κ3) is 3.79. The van der Waals surface area contributed by atoms with E-state index in [4.69, 9.17) is 10.5 Å². The molecule has 0 aliphatic carbocycles. The van der Waals surface area contributed by atoms with E-state index >= 15 is 0 Å². The van der Waals surface area contributed by atoms with E-state index in [-0.39, 0.29) is 5.91 Å². The SMILES string of the molecule is COc1ccc(NC(=O)C(C)(C)Cc2ccccc2)cc1N. The number of hydrogen-bond donors (Lipinski definition) is 2. The molecule has 0 fully saturated rings. The molecular weight excluding hydrogens is 276 g/mol. The van der Waals surface area contributed by atoms with Crippen LogP contribution in [0.25, 0.3) is 0 Å². The standard InChI is InChI=1S/C18H22N2O2/c1-18(2,12-13-7-5-4-6-8-13)17(21)20-14-9-10-16(22-3)15(19)11-14/h4-11H,12,19H2,1-3H3,(H,20,21). The Bertz CT molecular complexity index is 651. The van der Waals surface area contributed by atoms with Crippen LogP contribution < -0.4 is 15.8 Å². The van der Waals surface area contributed by atoms with Gasteiger partial charge in [-0.3, -0.25) is 4.79 Å². The minimum absolute atomic E-state index is 0.0408. The number of hydrogen-bond acceptors (Lipinski definition) is 3. The molecule has 2 aromatic rings. The van der Waals surface area contributed by atoms with Gasteiger partial charge in [-0.15, -0.1) is 0 Å². The lowest BCUT2D eigenvalue weighted by Gasteiger charge is -2.24. The van der Waals surface area contributed by atoms with Gasteiger partial charge < -0.3 is 15.8 Å². The van der Waals surface area contributed by atoms with Crippen molar-refractivity contribution in [2.24, 2.45) is 5.41 Å². The quantitative estimate of drug-likeness (QED) is 0.831. The minimum atomic E-state index is -0.518. The van der Waals surface area contributed by atoms with Crippen LogP contribution in [0.5, 0.6) is 5.75 Å². The van der Waals surface area contributed by atoms with Crippen LogP contribution in [0, 0.1) is 5.41 Å². The molecule has 0 saturated carbocycles. The van der Waals surface area contributed by atoms with E-state index < -0.39 is 5.41 Å². The highest BCUT2D eigenvalue weighted by Gasteiger charge is 2.28. The first-order valence-corrected chi connectivity index (χ1v) is 7.21.